The Bertz CT molecular complexity index is 867. The van der Waals surface area contributed by atoms with Crippen molar-refractivity contribution in [2.24, 2.45) is 0 Å². The van der Waals surface area contributed by atoms with E-state index >= 15 is 0 Å². The highest BCUT2D eigenvalue weighted by atomic mass is 35.5. The molecule has 0 atom stereocenters. The lowest BCUT2D eigenvalue weighted by Gasteiger charge is -2.08. The molecule has 0 aliphatic carbocycles. The van der Waals surface area contributed by atoms with Gasteiger partial charge in [-0.1, -0.05) is 17.7 Å². The van der Waals surface area contributed by atoms with Crippen LogP contribution in [0.15, 0.2) is 60.7 Å². The van der Waals surface area contributed by atoms with E-state index in [4.69, 9.17) is 16.3 Å². The first-order valence-corrected chi connectivity index (χ1v) is 7.83. The summed E-state index contributed by atoms with van der Waals surface area (Å²) < 4.78 is 5.17. The molecule has 0 spiro atoms. The van der Waals surface area contributed by atoms with Crippen LogP contribution in [-0.2, 0) is 0 Å². The molecule has 3 rings (SSSR count). The molecule has 0 radical (unpaired) electrons. The second kappa shape index (κ2) is 7.63. The van der Waals surface area contributed by atoms with Crippen molar-refractivity contribution >= 4 is 34.8 Å². The van der Waals surface area contributed by atoms with Gasteiger partial charge in [0.15, 0.2) is 11.6 Å². The van der Waals surface area contributed by atoms with Crippen molar-refractivity contribution in [1.29, 1.82) is 0 Å². The Hall–Kier alpha value is -3.12. The molecule has 126 valence electrons. The summed E-state index contributed by atoms with van der Waals surface area (Å²) >= 11 is 5.81. The van der Waals surface area contributed by atoms with Gasteiger partial charge in [-0.2, -0.15) is 0 Å². The van der Waals surface area contributed by atoms with E-state index in [-0.39, 0.29) is 5.91 Å². The minimum atomic E-state index is -0.278. The number of hydrogen-bond acceptors (Lipinski definition) is 5. The van der Waals surface area contributed by atoms with Crippen LogP contribution in [-0.4, -0.2) is 23.2 Å². The molecule has 6 nitrogen and oxygen atoms in total. The fraction of sp³-hybridized carbons (Fsp3) is 0.0556. The van der Waals surface area contributed by atoms with Gasteiger partial charge in [0.2, 0.25) is 0 Å². The van der Waals surface area contributed by atoms with Crippen molar-refractivity contribution in [3.8, 4) is 5.75 Å². The lowest BCUT2D eigenvalue weighted by Crippen LogP contribution is -2.13. The number of anilines is 3. The molecule has 0 unspecified atom stereocenters. The largest absolute Gasteiger partial charge is 0.497 e. The quantitative estimate of drug-likeness (QED) is 0.720. The van der Waals surface area contributed by atoms with Gasteiger partial charge >= 0.3 is 0 Å². The molecule has 0 bridgehead atoms. The summed E-state index contributed by atoms with van der Waals surface area (Å²) in [5.74, 6) is 1.37. The summed E-state index contributed by atoms with van der Waals surface area (Å²) in [6.07, 6.45) is 0. The maximum absolute atomic E-state index is 12.1. The Labute approximate surface area is 149 Å². The maximum Gasteiger partial charge on any atom is 0.256 e. The zero-order valence-electron chi connectivity index (χ0n) is 13.4. The smallest absolute Gasteiger partial charge is 0.256 e. The number of nitrogens with zero attached hydrogens (tertiary/aromatic N) is 2. The molecule has 0 saturated carbocycles. The van der Waals surface area contributed by atoms with Crippen LogP contribution in [0.3, 0.4) is 0 Å². The van der Waals surface area contributed by atoms with E-state index in [0.29, 0.717) is 22.2 Å². The molecule has 2 N–H and O–H groups in total. The minimum absolute atomic E-state index is 0.278. The number of carbonyl (C=O) groups is 1. The van der Waals surface area contributed by atoms with Crippen molar-refractivity contribution < 1.29 is 9.53 Å². The van der Waals surface area contributed by atoms with Gasteiger partial charge in [0, 0.05) is 22.3 Å². The van der Waals surface area contributed by atoms with E-state index in [9.17, 15) is 4.79 Å². The van der Waals surface area contributed by atoms with Gasteiger partial charge in [-0.3, -0.25) is 4.79 Å². The van der Waals surface area contributed by atoms with E-state index in [2.05, 4.69) is 20.8 Å². The summed E-state index contributed by atoms with van der Waals surface area (Å²) in [7, 11) is 1.61. The molecule has 3 aromatic rings. The predicted molar refractivity (Wildman–Crippen MR) is 97.7 cm³/mol. The summed E-state index contributed by atoms with van der Waals surface area (Å²) in [6, 6.07) is 17.5. The molecule has 2 aromatic carbocycles. The van der Waals surface area contributed by atoms with Crippen LogP contribution in [0.1, 0.15) is 10.4 Å². The maximum atomic E-state index is 12.1. The Morgan fingerprint density at radius 1 is 1.00 bits per heavy atom. The van der Waals surface area contributed by atoms with E-state index < -0.39 is 0 Å². The molecule has 1 amide bonds. The van der Waals surface area contributed by atoms with Crippen molar-refractivity contribution in [1.82, 2.24) is 10.2 Å². The third-order valence-electron chi connectivity index (χ3n) is 3.35. The van der Waals surface area contributed by atoms with Crippen LogP contribution in [0.2, 0.25) is 5.02 Å². The molecule has 1 heterocycles. The van der Waals surface area contributed by atoms with Crippen LogP contribution in [0.4, 0.5) is 17.3 Å². The summed E-state index contributed by atoms with van der Waals surface area (Å²) in [5.41, 5.74) is 1.32. The highest BCUT2D eigenvalue weighted by Crippen LogP contribution is 2.20. The van der Waals surface area contributed by atoms with Gasteiger partial charge in [0.05, 0.1) is 7.11 Å². The normalized spacial score (nSPS) is 10.2. The number of benzene rings is 2. The molecular formula is C18H15ClN4O2. The predicted octanol–water partition coefficient (Wildman–Crippen LogP) is 4.13. The van der Waals surface area contributed by atoms with Crippen molar-refractivity contribution in [2.75, 3.05) is 17.7 Å². The monoisotopic (exact) mass is 354 g/mol. The van der Waals surface area contributed by atoms with Gasteiger partial charge < -0.3 is 15.4 Å². The average molecular weight is 355 g/mol. The highest BCUT2D eigenvalue weighted by molar-refractivity contribution is 6.30. The van der Waals surface area contributed by atoms with Gasteiger partial charge in [0.25, 0.3) is 5.91 Å². The zero-order chi connectivity index (χ0) is 17.6. The van der Waals surface area contributed by atoms with Crippen LogP contribution in [0.25, 0.3) is 0 Å². The number of methoxy groups -OCH3 is 1. The second-order valence-electron chi connectivity index (χ2n) is 5.12. The third kappa shape index (κ3) is 4.45. The Balaban J connectivity index is 1.65. The first-order valence-electron chi connectivity index (χ1n) is 7.46. The Kier molecular flexibility index (Phi) is 5.11. The van der Waals surface area contributed by atoms with Crippen LogP contribution in [0, 0.1) is 0 Å². The number of carbonyl (C=O) groups excluding carboxylic acids is 1. The van der Waals surface area contributed by atoms with E-state index in [1.807, 2.05) is 24.3 Å². The highest BCUT2D eigenvalue weighted by Gasteiger charge is 2.07. The number of nitrogens with one attached hydrogen (secondary N) is 2. The van der Waals surface area contributed by atoms with Gasteiger partial charge in [-0.25, -0.2) is 0 Å². The lowest BCUT2D eigenvalue weighted by molar-refractivity contribution is 0.102. The topological polar surface area (TPSA) is 76.1 Å². The van der Waals surface area contributed by atoms with Crippen LogP contribution in [0.5, 0.6) is 5.75 Å². The fourth-order valence-corrected chi connectivity index (χ4v) is 2.23. The zero-order valence-corrected chi connectivity index (χ0v) is 14.1. The Morgan fingerprint density at radius 3 is 2.40 bits per heavy atom. The minimum Gasteiger partial charge on any atom is -0.497 e. The summed E-state index contributed by atoms with van der Waals surface area (Å²) in [4.78, 5) is 12.1. The van der Waals surface area contributed by atoms with E-state index in [1.165, 1.54) is 0 Å². The summed E-state index contributed by atoms with van der Waals surface area (Å²) in [6.45, 7) is 0. The molecule has 1 aromatic heterocycles. The average Bonchev–Trinajstić information content (AvgIpc) is 2.64. The molecule has 0 aliphatic heterocycles. The SMILES string of the molecule is COc1cccc(Nc2ccc(NC(=O)c3ccc(Cl)cc3)nn2)c1. The molecule has 25 heavy (non-hydrogen) atoms. The third-order valence-corrected chi connectivity index (χ3v) is 3.61. The van der Waals surface area contributed by atoms with E-state index in [0.717, 1.165) is 11.4 Å². The number of aromatic nitrogens is 2. The van der Waals surface area contributed by atoms with Crippen molar-refractivity contribution in [3.63, 3.8) is 0 Å². The molecule has 7 heteroatoms. The Morgan fingerprint density at radius 2 is 1.72 bits per heavy atom. The molecule has 0 fully saturated rings. The van der Waals surface area contributed by atoms with Crippen molar-refractivity contribution in [3.05, 3.63) is 71.2 Å². The number of rotatable bonds is 5. The second-order valence-corrected chi connectivity index (χ2v) is 5.56. The molecule has 0 aliphatic rings. The summed E-state index contributed by atoms with van der Waals surface area (Å²) in [5, 5.41) is 14.4. The van der Waals surface area contributed by atoms with Gasteiger partial charge in [-0.05, 0) is 48.5 Å². The van der Waals surface area contributed by atoms with E-state index in [1.54, 1.807) is 43.5 Å². The molecule has 0 saturated heterocycles. The number of hydrogen-bond donors (Lipinski definition) is 2. The van der Waals surface area contributed by atoms with Crippen LogP contribution < -0.4 is 15.4 Å². The van der Waals surface area contributed by atoms with Gasteiger partial charge in [0.1, 0.15) is 5.75 Å². The van der Waals surface area contributed by atoms with Gasteiger partial charge in [-0.15, -0.1) is 10.2 Å². The number of halogens is 1. The first-order chi connectivity index (χ1) is 12.1. The number of amides is 1. The standard InChI is InChI=1S/C18H15ClN4O2/c1-25-15-4-2-3-14(11-15)20-16-9-10-17(23-22-16)21-18(24)12-5-7-13(19)8-6-12/h2-11H,1H3,(H,20,22)(H,21,23,24). The first kappa shape index (κ1) is 16.7. The molecular weight excluding hydrogens is 340 g/mol. The lowest BCUT2D eigenvalue weighted by atomic mass is 10.2. The number of ether oxygens (including phenoxy) is 1. The fourth-order valence-electron chi connectivity index (χ4n) is 2.10. The van der Waals surface area contributed by atoms with Crippen molar-refractivity contribution in [2.45, 2.75) is 0 Å². The van der Waals surface area contributed by atoms with Crippen LogP contribution >= 0.6 is 11.6 Å².